The molecule has 2 heterocycles. The van der Waals surface area contributed by atoms with Gasteiger partial charge in [-0.25, -0.2) is 0 Å². The van der Waals surface area contributed by atoms with Gasteiger partial charge in [0.25, 0.3) is 0 Å². The summed E-state index contributed by atoms with van der Waals surface area (Å²) >= 11 is 0. The number of nitrogens with one attached hydrogen (secondary N) is 1. The molecular weight excluding hydrogens is 180 g/mol. The van der Waals surface area contributed by atoms with Gasteiger partial charge < -0.3 is 15.3 Å². The van der Waals surface area contributed by atoms with Gasteiger partial charge in [0.1, 0.15) is 0 Å². The lowest BCUT2D eigenvalue weighted by Crippen LogP contribution is -2.35. The molecule has 2 atom stereocenters. The van der Waals surface area contributed by atoms with E-state index in [1.54, 1.807) is 0 Å². The predicted octanol–water partition coefficient (Wildman–Crippen LogP) is -0.563. The fourth-order valence-corrected chi connectivity index (χ4v) is 2.31. The molecule has 0 aromatic carbocycles. The molecule has 1 amide bonds. The summed E-state index contributed by atoms with van der Waals surface area (Å²) in [6.07, 6.45) is 1.93. The Labute approximate surface area is 84.3 Å². The lowest BCUT2D eigenvalue weighted by molar-refractivity contribution is -0.134. The Morgan fingerprint density at radius 2 is 2.36 bits per heavy atom. The largest absolute Gasteiger partial charge is 0.396 e. The summed E-state index contributed by atoms with van der Waals surface area (Å²) < 4.78 is 0. The van der Waals surface area contributed by atoms with E-state index in [2.05, 4.69) is 5.32 Å². The van der Waals surface area contributed by atoms with Crippen molar-refractivity contribution in [1.82, 2.24) is 10.2 Å². The number of hydrogen-bond donors (Lipinski definition) is 2. The molecule has 14 heavy (non-hydrogen) atoms. The highest BCUT2D eigenvalue weighted by Gasteiger charge is 2.31. The van der Waals surface area contributed by atoms with E-state index >= 15 is 0 Å². The first-order valence-electron chi connectivity index (χ1n) is 5.41. The summed E-state index contributed by atoms with van der Waals surface area (Å²) in [6.45, 7) is 3.60. The van der Waals surface area contributed by atoms with Gasteiger partial charge in [-0.2, -0.15) is 0 Å². The van der Waals surface area contributed by atoms with Crippen LogP contribution in [0.25, 0.3) is 0 Å². The molecule has 80 valence electrons. The summed E-state index contributed by atoms with van der Waals surface area (Å²) in [7, 11) is 0. The van der Waals surface area contributed by atoms with Crippen LogP contribution in [0.5, 0.6) is 0 Å². The Balaban J connectivity index is 1.86. The minimum absolute atomic E-state index is 0.187. The lowest BCUT2D eigenvalue weighted by atomic mass is 10.1. The third-order valence-electron chi connectivity index (χ3n) is 3.27. The SMILES string of the molecule is O=C(C1CCNC1)N1CCC(CO)C1. The molecule has 0 radical (unpaired) electrons. The van der Waals surface area contributed by atoms with E-state index in [0.29, 0.717) is 5.92 Å². The van der Waals surface area contributed by atoms with E-state index in [-0.39, 0.29) is 18.4 Å². The first-order chi connectivity index (χ1) is 6.81. The first-order valence-corrected chi connectivity index (χ1v) is 5.41. The van der Waals surface area contributed by atoms with Gasteiger partial charge >= 0.3 is 0 Å². The molecule has 0 aromatic rings. The van der Waals surface area contributed by atoms with Crippen LogP contribution in [0.15, 0.2) is 0 Å². The standard InChI is InChI=1S/C10H18N2O2/c13-7-8-2-4-12(6-8)10(14)9-1-3-11-5-9/h8-9,11,13H,1-7H2. The van der Waals surface area contributed by atoms with Gasteiger partial charge in [0.15, 0.2) is 0 Å². The van der Waals surface area contributed by atoms with Crippen LogP contribution in [0, 0.1) is 11.8 Å². The number of aliphatic hydroxyl groups excluding tert-OH is 1. The predicted molar refractivity (Wildman–Crippen MR) is 52.7 cm³/mol. The highest BCUT2D eigenvalue weighted by molar-refractivity contribution is 5.79. The van der Waals surface area contributed by atoms with Crippen LogP contribution in [-0.2, 0) is 4.79 Å². The quantitative estimate of drug-likeness (QED) is 0.625. The zero-order valence-electron chi connectivity index (χ0n) is 8.41. The van der Waals surface area contributed by atoms with Gasteiger partial charge in [0.2, 0.25) is 5.91 Å². The number of nitrogens with zero attached hydrogens (tertiary/aromatic N) is 1. The second kappa shape index (κ2) is 4.28. The average Bonchev–Trinajstić information content (AvgIpc) is 2.88. The maximum Gasteiger partial charge on any atom is 0.227 e. The summed E-state index contributed by atoms with van der Waals surface area (Å²) in [6, 6.07) is 0. The van der Waals surface area contributed by atoms with Crippen LogP contribution >= 0.6 is 0 Å². The van der Waals surface area contributed by atoms with Gasteiger partial charge in [0.05, 0.1) is 5.92 Å². The van der Waals surface area contributed by atoms with E-state index < -0.39 is 0 Å². The highest BCUT2D eigenvalue weighted by Crippen LogP contribution is 2.20. The minimum atomic E-state index is 0.187. The van der Waals surface area contributed by atoms with Crippen molar-refractivity contribution in [2.24, 2.45) is 11.8 Å². The molecule has 2 aliphatic heterocycles. The maximum absolute atomic E-state index is 11.9. The molecule has 2 unspecified atom stereocenters. The zero-order valence-corrected chi connectivity index (χ0v) is 8.41. The molecule has 2 rings (SSSR count). The molecule has 4 heteroatoms. The molecule has 2 N–H and O–H groups in total. The van der Waals surface area contributed by atoms with Crippen molar-refractivity contribution >= 4 is 5.91 Å². The molecule has 0 spiro atoms. The van der Waals surface area contributed by atoms with Gasteiger partial charge in [0, 0.05) is 32.2 Å². The molecule has 4 nitrogen and oxygen atoms in total. The van der Waals surface area contributed by atoms with Crippen molar-refractivity contribution in [3.8, 4) is 0 Å². The highest BCUT2D eigenvalue weighted by atomic mass is 16.3. The first kappa shape index (κ1) is 9.93. The van der Waals surface area contributed by atoms with E-state index in [1.165, 1.54) is 0 Å². The van der Waals surface area contributed by atoms with Gasteiger partial charge in [-0.15, -0.1) is 0 Å². The smallest absolute Gasteiger partial charge is 0.227 e. The van der Waals surface area contributed by atoms with Gasteiger partial charge in [-0.3, -0.25) is 4.79 Å². The lowest BCUT2D eigenvalue weighted by Gasteiger charge is -2.19. The van der Waals surface area contributed by atoms with E-state index in [4.69, 9.17) is 5.11 Å². The van der Waals surface area contributed by atoms with Crippen molar-refractivity contribution in [3.05, 3.63) is 0 Å². The van der Waals surface area contributed by atoms with Crippen LogP contribution in [0.1, 0.15) is 12.8 Å². The van der Waals surface area contributed by atoms with E-state index in [0.717, 1.165) is 39.0 Å². The molecular formula is C10H18N2O2. The molecule has 2 saturated heterocycles. The number of rotatable bonds is 2. The summed E-state index contributed by atoms with van der Waals surface area (Å²) in [5.74, 6) is 0.784. The second-order valence-corrected chi connectivity index (χ2v) is 4.31. The monoisotopic (exact) mass is 198 g/mol. The average molecular weight is 198 g/mol. The fraction of sp³-hybridized carbons (Fsp3) is 0.900. The fourth-order valence-electron chi connectivity index (χ4n) is 2.31. The molecule has 0 aromatic heterocycles. The number of carbonyl (C=O) groups is 1. The summed E-state index contributed by atoms with van der Waals surface area (Å²) in [5.41, 5.74) is 0. The molecule has 0 bridgehead atoms. The van der Waals surface area contributed by atoms with Crippen molar-refractivity contribution in [2.45, 2.75) is 12.8 Å². The third kappa shape index (κ3) is 1.91. The normalized spacial score (nSPS) is 32.5. The third-order valence-corrected chi connectivity index (χ3v) is 3.27. The molecule has 2 aliphatic rings. The summed E-state index contributed by atoms with van der Waals surface area (Å²) in [5, 5.41) is 12.2. The van der Waals surface area contributed by atoms with Gasteiger partial charge in [-0.05, 0) is 19.4 Å². The Kier molecular flexibility index (Phi) is 3.03. The van der Waals surface area contributed by atoms with Crippen LogP contribution in [0.4, 0.5) is 0 Å². The second-order valence-electron chi connectivity index (χ2n) is 4.31. The van der Waals surface area contributed by atoms with Crippen molar-refractivity contribution in [1.29, 1.82) is 0 Å². The van der Waals surface area contributed by atoms with Crippen LogP contribution < -0.4 is 5.32 Å². The van der Waals surface area contributed by atoms with Gasteiger partial charge in [-0.1, -0.05) is 0 Å². The number of amides is 1. The Morgan fingerprint density at radius 3 is 2.93 bits per heavy atom. The van der Waals surface area contributed by atoms with E-state index in [1.807, 2.05) is 4.90 Å². The minimum Gasteiger partial charge on any atom is -0.396 e. The summed E-state index contributed by atoms with van der Waals surface area (Å²) in [4.78, 5) is 13.8. The Morgan fingerprint density at radius 1 is 1.50 bits per heavy atom. The number of likely N-dealkylation sites (tertiary alicyclic amines) is 1. The van der Waals surface area contributed by atoms with Crippen molar-refractivity contribution in [2.75, 3.05) is 32.8 Å². The Hall–Kier alpha value is -0.610. The van der Waals surface area contributed by atoms with Crippen molar-refractivity contribution in [3.63, 3.8) is 0 Å². The molecule has 2 fully saturated rings. The van der Waals surface area contributed by atoms with Crippen molar-refractivity contribution < 1.29 is 9.90 Å². The maximum atomic E-state index is 11.9. The van der Waals surface area contributed by atoms with Crippen LogP contribution in [0.2, 0.25) is 0 Å². The van der Waals surface area contributed by atoms with Crippen LogP contribution in [-0.4, -0.2) is 48.7 Å². The topological polar surface area (TPSA) is 52.6 Å². The van der Waals surface area contributed by atoms with Crippen LogP contribution in [0.3, 0.4) is 0 Å². The molecule has 0 saturated carbocycles. The Bertz CT molecular complexity index is 214. The number of carbonyl (C=O) groups excluding carboxylic acids is 1. The molecule has 0 aliphatic carbocycles. The van der Waals surface area contributed by atoms with E-state index in [9.17, 15) is 4.79 Å². The zero-order chi connectivity index (χ0) is 9.97. The number of hydrogen-bond acceptors (Lipinski definition) is 3. The number of aliphatic hydroxyl groups is 1.